The fourth-order valence-corrected chi connectivity index (χ4v) is 1.86. The SMILES string of the molecule is CCCCCC1C(C#N)=CN=CC1OC(=O)O. The molecule has 0 aromatic rings. The first-order chi connectivity index (χ1) is 8.19. The van der Waals surface area contributed by atoms with Gasteiger partial charge in [0, 0.05) is 18.3 Å². The summed E-state index contributed by atoms with van der Waals surface area (Å²) < 4.78 is 4.74. The Labute approximate surface area is 100 Å². The van der Waals surface area contributed by atoms with Gasteiger partial charge < -0.3 is 9.84 Å². The van der Waals surface area contributed by atoms with E-state index in [2.05, 4.69) is 18.0 Å². The van der Waals surface area contributed by atoms with Crippen LogP contribution in [0.25, 0.3) is 0 Å². The Morgan fingerprint density at radius 3 is 3.00 bits per heavy atom. The summed E-state index contributed by atoms with van der Waals surface area (Å²) in [6.45, 7) is 2.09. The molecule has 0 aromatic heterocycles. The van der Waals surface area contributed by atoms with Crippen LogP contribution in [-0.4, -0.2) is 23.6 Å². The van der Waals surface area contributed by atoms with Gasteiger partial charge in [-0.05, 0) is 6.42 Å². The summed E-state index contributed by atoms with van der Waals surface area (Å²) >= 11 is 0. The lowest BCUT2D eigenvalue weighted by atomic mass is 9.88. The molecule has 0 amide bonds. The molecule has 1 aliphatic heterocycles. The number of ether oxygens (including phenoxy) is 1. The van der Waals surface area contributed by atoms with Gasteiger partial charge in [-0.15, -0.1) is 0 Å². The van der Waals surface area contributed by atoms with E-state index in [1.165, 1.54) is 12.4 Å². The van der Waals surface area contributed by atoms with Crippen molar-refractivity contribution < 1.29 is 14.6 Å². The van der Waals surface area contributed by atoms with Crippen LogP contribution in [0.4, 0.5) is 4.79 Å². The number of rotatable bonds is 5. The monoisotopic (exact) mass is 236 g/mol. The first-order valence-corrected chi connectivity index (χ1v) is 5.72. The molecule has 5 heteroatoms. The predicted molar refractivity (Wildman–Crippen MR) is 62.7 cm³/mol. The maximum absolute atomic E-state index is 10.6. The van der Waals surface area contributed by atoms with Crippen LogP contribution in [-0.2, 0) is 4.74 Å². The molecule has 1 heterocycles. The van der Waals surface area contributed by atoms with Crippen molar-refractivity contribution in [2.45, 2.75) is 38.7 Å². The predicted octanol–water partition coefficient (Wildman–Crippen LogP) is 2.74. The maximum atomic E-state index is 10.6. The van der Waals surface area contributed by atoms with Crippen LogP contribution >= 0.6 is 0 Å². The number of unbranched alkanes of at least 4 members (excludes halogenated alkanes) is 2. The Bertz CT molecular complexity index is 368. The van der Waals surface area contributed by atoms with E-state index in [1.54, 1.807) is 0 Å². The molecule has 1 rings (SSSR count). The molecule has 0 bridgehead atoms. The lowest BCUT2D eigenvalue weighted by Crippen LogP contribution is -2.30. The highest BCUT2D eigenvalue weighted by molar-refractivity contribution is 5.71. The normalized spacial score (nSPS) is 22.7. The van der Waals surface area contributed by atoms with Crippen molar-refractivity contribution in [3.05, 3.63) is 11.8 Å². The molecule has 2 unspecified atom stereocenters. The second kappa shape index (κ2) is 6.69. The average molecular weight is 236 g/mol. The van der Waals surface area contributed by atoms with Crippen LogP contribution < -0.4 is 0 Å². The summed E-state index contributed by atoms with van der Waals surface area (Å²) in [5.74, 6) is -0.194. The summed E-state index contributed by atoms with van der Waals surface area (Å²) in [5, 5.41) is 17.6. The van der Waals surface area contributed by atoms with Gasteiger partial charge in [-0.25, -0.2) is 4.79 Å². The molecule has 0 saturated carbocycles. The molecule has 0 saturated heterocycles. The minimum Gasteiger partial charge on any atom is -0.450 e. The van der Waals surface area contributed by atoms with Crippen molar-refractivity contribution in [1.29, 1.82) is 5.26 Å². The number of carbonyl (C=O) groups is 1. The Kier molecular flexibility index (Phi) is 5.21. The number of aliphatic imine (C=N–C) groups is 1. The highest BCUT2D eigenvalue weighted by Gasteiger charge is 2.29. The van der Waals surface area contributed by atoms with E-state index >= 15 is 0 Å². The number of nitriles is 1. The van der Waals surface area contributed by atoms with Gasteiger partial charge in [-0.2, -0.15) is 5.26 Å². The van der Waals surface area contributed by atoms with E-state index in [9.17, 15) is 4.79 Å². The second-order valence-electron chi connectivity index (χ2n) is 3.95. The van der Waals surface area contributed by atoms with Gasteiger partial charge in [0.25, 0.3) is 0 Å². The molecule has 5 nitrogen and oxygen atoms in total. The molecule has 0 aromatic carbocycles. The molecule has 2 atom stereocenters. The molecule has 0 radical (unpaired) electrons. The van der Waals surface area contributed by atoms with Crippen molar-refractivity contribution in [2.24, 2.45) is 10.9 Å². The van der Waals surface area contributed by atoms with Gasteiger partial charge in [0.05, 0.1) is 11.6 Å². The van der Waals surface area contributed by atoms with E-state index in [0.29, 0.717) is 5.57 Å². The summed E-state index contributed by atoms with van der Waals surface area (Å²) in [7, 11) is 0. The van der Waals surface area contributed by atoms with Gasteiger partial charge in [0.2, 0.25) is 0 Å². The van der Waals surface area contributed by atoms with Crippen LogP contribution in [0, 0.1) is 17.2 Å². The third kappa shape index (κ3) is 3.91. The molecule has 17 heavy (non-hydrogen) atoms. The van der Waals surface area contributed by atoms with Crippen LogP contribution in [0.2, 0.25) is 0 Å². The fourth-order valence-electron chi connectivity index (χ4n) is 1.86. The van der Waals surface area contributed by atoms with Crippen molar-refractivity contribution in [2.75, 3.05) is 0 Å². The number of nitrogens with zero attached hydrogens (tertiary/aromatic N) is 2. The van der Waals surface area contributed by atoms with E-state index < -0.39 is 12.3 Å². The minimum atomic E-state index is -1.33. The van der Waals surface area contributed by atoms with Crippen LogP contribution in [0.1, 0.15) is 32.6 Å². The van der Waals surface area contributed by atoms with E-state index in [-0.39, 0.29) is 5.92 Å². The Balaban J connectivity index is 2.68. The standard InChI is InChI=1S/C12H16N2O3/c1-2-3-4-5-10-9(6-13)7-14-8-11(10)17-12(15)16/h7-8,10-11H,2-5H2,1H3,(H,15,16). The number of carboxylic acid groups (broad SMARTS) is 1. The summed E-state index contributed by atoms with van der Waals surface area (Å²) in [6, 6.07) is 2.06. The largest absolute Gasteiger partial charge is 0.506 e. The highest BCUT2D eigenvalue weighted by atomic mass is 16.7. The van der Waals surface area contributed by atoms with Crippen molar-refractivity contribution in [3.63, 3.8) is 0 Å². The van der Waals surface area contributed by atoms with Crippen LogP contribution in [0.5, 0.6) is 0 Å². The molecule has 0 fully saturated rings. The fraction of sp³-hybridized carbons (Fsp3) is 0.583. The average Bonchev–Trinajstić information content (AvgIpc) is 2.30. The van der Waals surface area contributed by atoms with Gasteiger partial charge >= 0.3 is 6.16 Å². The highest BCUT2D eigenvalue weighted by Crippen LogP contribution is 2.26. The van der Waals surface area contributed by atoms with Gasteiger partial charge in [-0.1, -0.05) is 26.2 Å². The zero-order chi connectivity index (χ0) is 12.7. The van der Waals surface area contributed by atoms with Crippen molar-refractivity contribution in [3.8, 4) is 6.07 Å². The van der Waals surface area contributed by atoms with Crippen molar-refractivity contribution in [1.82, 2.24) is 0 Å². The molecule has 1 N–H and O–H groups in total. The molecule has 0 spiro atoms. The van der Waals surface area contributed by atoms with Gasteiger partial charge in [0.1, 0.15) is 6.10 Å². The van der Waals surface area contributed by atoms with Crippen LogP contribution in [0.15, 0.2) is 16.8 Å². The molecule has 92 valence electrons. The van der Waals surface area contributed by atoms with E-state index in [0.717, 1.165) is 25.7 Å². The van der Waals surface area contributed by atoms with Gasteiger partial charge in [0.15, 0.2) is 0 Å². The maximum Gasteiger partial charge on any atom is 0.506 e. The lowest BCUT2D eigenvalue weighted by molar-refractivity contribution is 0.0601. The van der Waals surface area contributed by atoms with Crippen molar-refractivity contribution >= 4 is 12.4 Å². The molecular weight excluding hydrogens is 220 g/mol. The zero-order valence-electron chi connectivity index (χ0n) is 9.80. The first-order valence-electron chi connectivity index (χ1n) is 5.72. The smallest absolute Gasteiger partial charge is 0.450 e. The summed E-state index contributed by atoms with van der Waals surface area (Å²) in [4.78, 5) is 14.4. The minimum absolute atomic E-state index is 0.194. The Morgan fingerprint density at radius 2 is 2.41 bits per heavy atom. The number of hydrogen-bond acceptors (Lipinski definition) is 4. The Morgan fingerprint density at radius 1 is 1.65 bits per heavy atom. The zero-order valence-corrected chi connectivity index (χ0v) is 9.80. The van der Waals surface area contributed by atoms with Crippen LogP contribution in [0.3, 0.4) is 0 Å². The number of hydrogen-bond donors (Lipinski definition) is 1. The third-order valence-corrected chi connectivity index (χ3v) is 2.73. The Hall–Kier alpha value is -1.83. The molecule has 1 aliphatic rings. The topological polar surface area (TPSA) is 82.7 Å². The lowest BCUT2D eigenvalue weighted by Gasteiger charge is -2.24. The quantitative estimate of drug-likeness (QED) is 0.587. The summed E-state index contributed by atoms with van der Waals surface area (Å²) in [6.07, 6.45) is 4.81. The van der Waals surface area contributed by atoms with E-state index in [4.69, 9.17) is 15.1 Å². The van der Waals surface area contributed by atoms with Gasteiger partial charge in [-0.3, -0.25) is 4.99 Å². The second-order valence-corrected chi connectivity index (χ2v) is 3.95. The summed E-state index contributed by atoms with van der Waals surface area (Å²) in [5.41, 5.74) is 0.495. The molecule has 0 aliphatic carbocycles. The van der Waals surface area contributed by atoms with E-state index in [1.807, 2.05) is 0 Å². The first kappa shape index (κ1) is 13.2. The molecular formula is C12H16N2O3. The third-order valence-electron chi connectivity index (χ3n) is 2.73.